The molecule has 23 heavy (non-hydrogen) atoms. The van der Waals surface area contributed by atoms with Crippen molar-refractivity contribution in [2.45, 2.75) is 20.8 Å². The minimum atomic E-state index is 1.27. The van der Waals surface area contributed by atoms with E-state index in [1.54, 1.807) is 0 Å². The van der Waals surface area contributed by atoms with E-state index in [0.29, 0.717) is 0 Å². The monoisotopic (exact) mass is 316 g/mol. The van der Waals surface area contributed by atoms with E-state index in [0.717, 1.165) is 0 Å². The Balaban J connectivity index is 2.21. The maximum absolute atomic E-state index is 2.28. The number of hydrogen-bond donors (Lipinski definition) is 0. The van der Waals surface area contributed by atoms with Crippen LogP contribution in [0, 0.1) is 20.8 Å². The summed E-state index contributed by atoms with van der Waals surface area (Å²) < 4.78 is 0. The van der Waals surface area contributed by atoms with Gasteiger partial charge in [-0.25, -0.2) is 0 Å². The third-order valence-corrected chi connectivity index (χ3v) is 5.62. The predicted molar refractivity (Wildman–Crippen MR) is 103 cm³/mol. The standard InChI is InChI=1S/C22H21P/c1-16-14-17(2)21(18(3)15-16)23-22(19-10-6-4-7-11-19)20-12-8-5-9-13-20/h4-15H,1-3H3. The highest BCUT2D eigenvalue weighted by Crippen LogP contribution is 2.21. The van der Waals surface area contributed by atoms with Gasteiger partial charge in [-0.2, -0.15) is 0 Å². The van der Waals surface area contributed by atoms with Gasteiger partial charge in [-0.1, -0.05) is 86.6 Å². The van der Waals surface area contributed by atoms with Crippen LogP contribution in [-0.2, 0) is 0 Å². The van der Waals surface area contributed by atoms with E-state index in [-0.39, 0.29) is 0 Å². The summed E-state index contributed by atoms with van der Waals surface area (Å²) in [5.41, 5.74) is 6.65. The van der Waals surface area contributed by atoms with E-state index in [9.17, 15) is 0 Å². The van der Waals surface area contributed by atoms with Crippen molar-refractivity contribution >= 4 is 18.8 Å². The highest BCUT2D eigenvalue weighted by molar-refractivity contribution is 7.50. The van der Waals surface area contributed by atoms with Crippen molar-refractivity contribution in [3.63, 3.8) is 0 Å². The molecule has 3 rings (SSSR count). The topological polar surface area (TPSA) is 0 Å². The number of aryl methyl sites for hydroxylation is 3. The first kappa shape index (κ1) is 15.7. The molecule has 0 radical (unpaired) electrons. The lowest BCUT2D eigenvalue weighted by Gasteiger charge is -2.12. The van der Waals surface area contributed by atoms with Gasteiger partial charge in [-0.05, 0) is 43.0 Å². The van der Waals surface area contributed by atoms with Crippen LogP contribution < -0.4 is 5.30 Å². The highest BCUT2D eigenvalue weighted by Gasteiger charge is 2.08. The molecule has 0 spiro atoms. The van der Waals surface area contributed by atoms with E-state index < -0.39 is 0 Å². The molecular formula is C22H21P. The fourth-order valence-electron chi connectivity index (χ4n) is 2.95. The van der Waals surface area contributed by atoms with Gasteiger partial charge in [0.05, 0.1) is 0 Å². The third kappa shape index (κ3) is 3.60. The second-order valence-corrected chi connectivity index (χ2v) is 7.06. The molecule has 0 bridgehead atoms. The molecular weight excluding hydrogens is 295 g/mol. The molecule has 0 saturated carbocycles. The molecule has 0 nitrogen and oxygen atoms in total. The lowest BCUT2D eigenvalue weighted by atomic mass is 10.1. The molecule has 0 fully saturated rings. The van der Waals surface area contributed by atoms with E-state index in [2.05, 4.69) is 93.6 Å². The lowest BCUT2D eigenvalue weighted by molar-refractivity contribution is 1.36. The van der Waals surface area contributed by atoms with Gasteiger partial charge < -0.3 is 0 Å². The van der Waals surface area contributed by atoms with Gasteiger partial charge in [-0.3, -0.25) is 0 Å². The summed E-state index contributed by atoms with van der Waals surface area (Å²) in [5.74, 6) is 0. The van der Waals surface area contributed by atoms with Crippen molar-refractivity contribution in [2.24, 2.45) is 0 Å². The van der Waals surface area contributed by atoms with Crippen LogP contribution in [-0.4, -0.2) is 5.29 Å². The Morgan fingerprint density at radius 3 is 1.52 bits per heavy atom. The highest BCUT2D eigenvalue weighted by atomic mass is 31.1. The molecule has 114 valence electrons. The zero-order valence-electron chi connectivity index (χ0n) is 13.9. The number of hydrogen-bond acceptors (Lipinski definition) is 0. The van der Waals surface area contributed by atoms with Crippen molar-refractivity contribution in [1.29, 1.82) is 0 Å². The summed E-state index contributed by atoms with van der Waals surface area (Å²) in [4.78, 5) is 0. The number of benzene rings is 3. The van der Waals surface area contributed by atoms with Gasteiger partial charge in [0.2, 0.25) is 0 Å². The SMILES string of the molecule is Cc1cc(C)c(P=C(c2ccccc2)c2ccccc2)c(C)c1. The summed E-state index contributed by atoms with van der Waals surface area (Å²) >= 11 is 0. The fraction of sp³-hybridized carbons (Fsp3) is 0.136. The predicted octanol–water partition coefficient (Wildman–Crippen LogP) is 5.45. The molecule has 0 atom stereocenters. The van der Waals surface area contributed by atoms with Crippen molar-refractivity contribution in [3.05, 3.63) is 101 Å². The summed E-state index contributed by atoms with van der Waals surface area (Å²) in [5, 5.41) is 2.78. The van der Waals surface area contributed by atoms with Crippen LogP contribution in [0.1, 0.15) is 27.8 Å². The maximum Gasteiger partial charge on any atom is 0.0169 e. The minimum Gasteiger partial charge on any atom is -0.0622 e. The first-order chi connectivity index (χ1) is 11.1. The zero-order chi connectivity index (χ0) is 16.2. The van der Waals surface area contributed by atoms with Crippen LogP contribution in [0.15, 0.2) is 72.8 Å². The van der Waals surface area contributed by atoms with E-state index >= 15 is 0 Å². The second-order valence-electron chi connectivity index (χ2n) is 5.94. The summed E-state index contributed by atoms with van der Waals surface area (Å²) in [6, 6.07) is 26.0. The minimum absolute atomic E-state index is 1.27. The molecule has 0 N–H and O–H groups in total. The average molecular weight is 316 g/mol. The van der Waals surface area contributed by atoms with E-state index in [1.165, 1.54) is 46.6 Å². The molecule has 0 aromatic heterocycles. The van der Waals surface area contributed by atoms with Crippen LogP contribution in [0.25, 0.3) is 0 Å². The Bertz CT molecular complexity index is 766. The summed E-state index contributed by atoms with van der Waals surface area (Å²) in [6.45, 7) is 6.60. The molecule has 0 aliphatic carbocycles. The Kier molecular flexibility index (Phi) is 4.74. The van der Waals surface area contributed by atoms with Gasteiger partial charge in [0.25, 0.3) is 0 Å². The summed E-state index contributed by atoms with van der Waals surface area (Å²) in [7, 11) is 1.27. The first-order valence-corrected chi connectivity index (χ1v) is 8.82. The zero-order valence-corrected chi connectivity index (χ0v) is 14.8. The van der Waals surface area contributed by atoms with Crippen LogP contribution >= 0.6 is 8.20 Å². The van der Waals surface area contributed by atoms with Gasteiger partial charge in [-0.15, -0.1) is 0 Å². The first-order valence-electron chi connectivity index (χ1n) is 7.92. The van der Waals surface area contributed by atoms with E-state index in [4.69, 9.17) is 0 Å². The Labute approximate surface area is 140 Å². The van der Waals surface area contributed by atoms with Gasteiger partial charge >= 0.3 is 0 Å². The van der Waals surface area contributed by atoms with Gasteiger partial charge in [0.15, 0.2) is 0 Å². The second kappa shape index (κ2) is 6.94. The Morgan fingerprint density at radius 2 is 1.09 bits per heavy atom. The molecule has 0 saturated heterocycles. The Morgan fingerprint density at radius 1 is 0.652 bits per heavy atom. The van der Waals surface area contributed by atoms with Crippen LogP contribution in [0.2, 0.25) is 0 Å². The molecule has 0 aliphatic rings. The molecule has 3 aromatic rings. The van der Waals surface area contributed by atoms with Crippen LogP contribution in [0.4, 0.5) is 0 Å². The van der Waals surface area contributed by atoms with Crippen molar-refractivity contribution in [2.75, 3.05) is 0 Å². The molecule has 0 aliphatic heterocycles. The normalized spacial score (nSPS) is 10.7. The quantitative estimate of drug-likeness (QED) is 0.563. The molecule has 3 aromatic carbocycles. The average Bonchev–Trinajstić information content (AvgIpc) is 2.56. The Hall–Kier alpha value is -2.17. The van der Waals surface area contributed by atoms with E-state index in [1.807, 2.05) is 0 Å². The smallest absolute Gasteiger partial charge is 0.0169 e. The largest absolute Gasteiger partial charge is 0.0622 e. The lowest BCUT2D eigenvalue weighted by Crippen LogP contribution is -2.09. The summed E-state index contributed by atoms with van der Waals surface area (Å²) in [6.07, 6.45) is 0. The third-order valence-electron chi connectivity index (χ3n) is 3.95. The number of rotatable bonds is 3. The fourth-order valence-corrected chi connectivity index (χ4v) is 4.21. The molecule has 0 heterocycles. The van der Waals surface area contributed by atoms with Gasteiger partial charge in [0.1, 0.15) is 0 Å². The van der Waals surface area contributed by atoms with Crippen molar-refractivity contribution in [3.8, 4) is 0 Å². The maximum atomic E-state index is 2.28. The van der Waals surface area contributed by atoms with Crippen LogP contribution in [0.3, 0.4) is 0 Å². The van der Waals surface area contributed by atoms with Crippen molar-refractivity contribution < 1.29 is 0 Å². The van der Waals surface area contributed by atoms with Gasteiger partial charge in [0, 0.05) is 10.6 Å². The molecule has 0 unspecified atom stereocenters. The molecule has 1 heteroatoms. The van der Waals surface area contributed by atoms with Crippen molar-refractivity contribution in [1.82, 2.24) is 0 Å². The van der Waals surface area contributed by atoms with Crippen LogP contribution in [0.5, 0.6) is 0 Å². The molecule has 0 amide bonds.